The van der Waals surface area contributed by atoms with Crippen LogP contribution in [0.3, 0.4) is 0 Å². The maximum atomic E-state index is 13.8. The van der Waals surface area contributed by atoms with E-state index in [-0.39, 0.29) is 13.2 Å². The van der Waals surface area contributed by atoms with Gasteiger partial charge in [0.15, 0.2) is 11.5 Å². The molecule has 0 atom stereocenters. The van der Waals surface area contributed by atoms with Gasteiger partial charge in [-0.2, -0.15) is 0 Å². The van der Waals surface area contributed by atoms with Crippen molar-refractivity contribution in [1.82, 2.24) is 0 Å². The lowest BCUT2D eigenvalue weighted by atomic mass is 9.75. The minimum absolute atomic E-state index is 0.112. The number of hydrogen-bond acceptors (Lipinski definition) is 8. The zero-order chi connectivity index (χ0) is 26.3. The van der Waals surface area contributed by atoms with Crippen LogP contribution in [-0.2, 0) is 34.1 Å². The summed E-state index contributed by atoms with van der Waals surface area (Å²) in [6.45, 7) is 3.52. The van der Waals surface area contributed by atoms with Crippen LogP contribution in [0.1, 0.15) is 37.8 Å². The number of carbonyl (C=O) groups excluding carboxylic acids is 4. The molecule has 0 bridgehead atoms. The second kappa shape index (κ2) is 11.5. The maximum absolute atomic E-state index is 13.8. The van der Waals surface area contributed by atoms with Crippen molar-refractivity contribution >= 4 is 35.5 Å². The zero-order valence-electron chi connectivity index (χ0n) is 20.7. The lowest BCUT2D eigenvalue weighted by Gasteiger charge is -2.26. The second-order valence-corrected chi connectivity index (χ2v) is 7.99. The SMILES string of the molecule is CCOC(=O)CC1(CC(=O)OCC)C(=O)N(C(=O)C=Cc2ccc(OC)c(OC)c2)c2ccccc21. The van der Waals surface area contributed by atoms with E-state index in [1.165, 1.54) is 26.4 Å². The minimum Gasteiger partial charge on any atom is -0.493 e. The van der Waals surface area contributed by atoms with Crippen LogP contribution in [0.5, 0.6) is 11.5 Å². The van der Waals surface area contributed by atoms with Gasteiger partial charge in [0.25, 0.3) is 5.91 Å². The summed E-state index contributed by atoms with van der Waals surface area (Å²) >= 11 is 0. The Kier molecular flexibility index (Phi) is 8.47. The van der Waals surface area contributed by atoms with E-state index in [1.807, 2.05) is 0 Å². The topological polar surface area (TPSA) is 108 Å². The molecule has 9 heteroatoms. The van der Waals surface area contributed by atoms with Gasteiger partial charge in [-0.05, 0) is 49.2 Å². The molecule has 0 N–H and O–H groups in total. The second-order valence-electron chi connectivity index (χ2n) is 7.99. The largest absolute Gasteiger partial charge is 0.493 e. The molecule has 0 fully saturated rings. The predicted octanol–water partition coefficient (Wildman–Crippen LogP) is 3.43. The van der Waals surface area contributed by atoms with Crippen molar-refractivity contribution in [2.45, 2.75) is 32.1 Å². The summed E-state index contributed by atoms with van der Waals surface area (Å²) in [7, 11) is 3.02. The van der Waals surface area contributed by atoms with Crippen LogP contribution < -0.4 is 14.4 Å². The van der Waals surface area contributed by atoms with E-state index in [9.17, 15) is 19.2 Å². The summed E-state index contributed by atoms with van der Waals surface area (Å²) in [4.78, 5) is 53.2. The van der Waals surface area contributed by atoms with E-state index in [2.05, 4.69) is 0 Å². The Balaban J connectivity index is 2.00. The molecule has 9 nitrogen and oxygen atoms in total. The van der Waals surface area contributed by atoms with Crippen LogP contribution in [0.25, 0.3) is 6.08 Å². The van der Waals surface area contributed by atoms with Crippen LogP contribution in [-0.4, -0.2) is 51.2 Å². The van der Waals surface area contributed by atoms with Crippen LogP contribution in [0.2, 0.25) is 0 Å². The van der Waals surface area contributed by atoms with E-state index >= 15 is 0 Å². The van der Waals surface area contributed by atoms with Crippen molar-refractivity contribution in [2.75, 3.05) is 32.3 Å². The minimum atomic E-state index is -1.62. The molecule has 2 aromatic carbocycles. The maximum Gasteiger partial charge on any atom is 0.307 e. The van der Waals surface area contributed by atoms with Crippen molar-refractivity contribution in [1.29, 1.82) is 0 Å². The predicted molar refractivity (Wildman–Crippen MR) is 132 cm³/mol. The highest BCUT2D eigenvalue weighted by molar-refractivity contribution is 6.27. The Hall–Kier alpha value is -4.14. The summed E-state index contributed by atoms with van der Waals surface area (Å²) < 4.78 is 20.7. The number of hydrogen-bond donors (Lipinski definition) is 0. The summed E-state index contributed by atoms with van der Waals surface area (Å²) in [5, 5.41) is 0. The van der Waals surface area contributed by atoms with Gasteiger partial charge in [-0.15, -0.1) is 0 Å². The molecule has 1 aliphatic heterocycles. The highest BCUT2D eigenvalue weighted by Crippen LogP contribution is 2.47. The van der Waals surface area contributed by atoms with Crippen molar-refractivity contribution in [2.24, 2.45) is 0 Å². The van der Waals surface area contributed by atoms with Crippen LogP contribution in [0.4, 0.5) is 5.69 Å². The molecule has 0 aliphatic carbocycles. The number of amides is 2. The van der Waals surface area contributed by atoms with E-state index in [4.69, 9.17) is 18.9 Å². The highest BCUT2D eigenvalue weighted by atomic mass is 16.5. The number of methoxy groups -OCH3 is 2. The first kappa shape index (κ1) is 26.5. The van der Waals surface area contributed by atoms with E-state index in [0.29, 0.717) is 28.3 Å². The average Bonchev–Trinajstić information content (AvgIpc) is 3.10. The first-order chi connectivity index (χ1) is 17.3. The summed E-state index contributed by atoms with van der Waals surface area (Å²) in [5.41, 5.74) is -0.283. The van der Waals surface area contributed by atoms with Gasteiger partial charge in [-0.1, -0.05) is 24.3 Å². The third kappa shape index (κ3) is 5.25. The van der Waals surface area contributed by atoms with Gasteiger partial charge in [-0.3, -0.25) is 19.2 Å². The fraction of sp³-hybridized carbons (Fsp3) is 0.333. The van der Waals surface area contributed by atoms with Gasteiger partial charge in [0.2, 0.25) is 5.91 Å². The molecule has 2 amide bonds. The van der Waals surface area contributed by atoms with Crippen molar-refractivity contribution < 1.29 is 38.1 Å². The molecular formula is C27H29NO8. The Labute approximate surface area is 209 Å². The molecule has 190 valence electrons. The lowest BCUT2D eigenvalue weighted by Crippen LogP contribution is -2.45. The van der Waals surface area contributed by atoms with Gasteiger partial charge in [0.05, 0.1) is 51.4 Å². The number of imide groups is 1. The number of nitrogens with zero attached hydrogens (tertiary/aromatic N) is 1. The number of anilines is 1. The number of para-hydroxylation sites is 1. The number of rotatable bonds is 10. The van der Waals surface area contributed by atoms with Gasteiger partial charge < -0.3 is 18.9 Å². The fourth-order valence-corrected chi connectivity index (χ4v) is 4.25. The van der Waals surface area contributed by atoms with Gasteiger partial charge in [-0.25, -0.2) is 4.90 Å². The number of carbonyl (C=O) groups is 4. The van der Waals surface area contributed by atoms with Crippen LogP contribution in [0, 0.1) is 0 Å². The standard InChI is InChI=1S/C27H29NO8/c1-5-35-24(30)16-27(17-25(31)36-6-2)19-9-7-8-10-20(19)28(26(27)32)23(29)14-12-18-11-13-21(33-3)22(15-18)34-4/h7-15H,5-6,16-17H2,1-4H3. The average molecular weight is 496 g/mol. The Morgan fingerprint density at radius 2 is 1.50 bits per heavy atom. The lowest BCUT2D eigenvalue weighted by molar-refractivity contribution is -0.151. The van der Waals surface area contributed by atoms with Crippen LogP contribution in [0.15, 0.2) is 48.5 Å². The molecule has 1 aliphatic rings. The monoisotopic (exact) mass is 495 g/mol. The van der Waals surface area contributed by atoms with E-state index in [0.717, 1.165) is 4.90 Å². The molecule has 2 aromatic rings. The summed E-state index contributed by atoms with van der Waals surface area (Å²) in [6.07, 6.45) is 1.98. The van der Waals surface area contributed by atoms with Crippen LogP contribution >= 0.6 is 0 Å². The van der Waals surface area contributed by atoms with Gasteiger partial charge in [0, 0.05) is 6.08 Å². The van der Waals surface area contributed by atoms with Crippen molar-refractivity contribution in [3.63, 3.8) is 0 Å². The fourth-order valence-electron chi connectivity index (χ4n) is 4.25. The van der Waals surface area contributed by atoms with E-state index < -0.39 is 42.0 Å². The molecule has 3 rings (SSSR count). The first-order valence-electron chi connectivity index (χ1n) is 11.5. The molecule has 0 saturated carbocycles. The third-order valence-corrected chi connectivity index (χ3v) is 5.82. The van der Waals surface area contributed by atoms with E-state index in [1.54, 1.807) is 56.3 Å². The van der Waals surface area contributed by atoms with Gasteiger partial charge >= 0.3 is 11.9 Å². The molecule has 0 radical (unpaired) electrons. The quantitative estimate of drug-likeness (QED) is 0.364. The smallest absolute Gasteiger partial charge is 0.307 e. The highest BCUT2D eigenvalue weighted by Gasteiger charge is 2.55. The number of benzene rings is 2. The summed E-state index contributed by atoms with van der Waals surface area (Å²) in [5.74, 6) is -1.60. The van der Waals surface area contributed by atoms with Crippen molar-refractivity contribution in [3.8, 4) is 11.5 Å². The molecular weight excluding hydrogens is 466 g/mol. The van der Waals surface area contributed by atoms with Gasteiger partial charge in [0.1, 0.15) is 0 Å². The third-order valence-electron chi connectivity index (χ3n) is 5.82. The molecule has 0 spiro atoms. The Morgan fingerprint density at radius 1 is 0.889 bits per heavy atom. The van der Waals surface area contributed by atoms with Crippen molar-refractivity contribution in [3.05, 3.63) is 59.7 Å². The Morgan fingerprint density at radius 3 is 2.08 bits per heavy atom. The molecule has 0 unspecified atom stereocenters. The zero-order valence-corrected chi connectivity index (χ0v) is 20.7. The molecule has 36 heavy (non-hydrogen) atoms. The number of ether oxygens (including phenoxy) is 4. The summed E-state index contributed by atoms with van der Waals surface area (Å²) in [6, 6.07) is 11.7. The Bertz CT molecular complexity index is 1170. The number of fused-ring (bicyclic) bond motifs is 1. The molecule has 1 heterocycles. The molecule has 0 aromatic heterocycles. The first-order valence-corrected chi connectivity index (χ1v) is 11.5. The normalized spacial score (nSPS) is 13.9. The number of esters is 2. The molecule has 0 saturated heterocycles.